The molecule has 0 aromatic heterocycles. The van der Waals surface area contributed by atoms with Gasteiger partial charge in [0.15, 0.2) is 0 Å². The number of aryl methyl sites for hydroxylation is 1. The SMILES string of the molecule is COc1ccc(N(CC(=O)N[C@H](C)c2ccccc2OC)S(=O)(=O)c2ccc(C)cc2)cc1. The summed E-state index contributed by atoms with van der Waals surface area (Å²) in [5, 5.41) is 2.88. The number of sulfonamides is 1. The van der Waals surface area contributed by atoms with Gasteiger partial charge in [-0.2, -0.15) is 0 Å². The number of benzene rings is 3. The molecular formula is C25H28N2O5S. The van der Waals surface area contributed by atoms with Crippen molar-refractivity contribution in [1.82, 2.24) is 5.32 Å². The number of methoxy groups -OCH3 is 2. The van der Waals surface area contributed by atoms with Gasteiger partial charge in [-0.3, -0.25) is 9.10 Å². The Bertz CT molecular complexity index is 1190. The molecule has 0 heterocycles. The average Bonchev–Trinajstić information content (AvgIpc) is 2.82. The van der Waals surface area contributed by atoms with Crippen molar-refractivity contribution in [2.45, 2.75) is 24.8 Å². The first-order valence-corrected chi connectivity index (χ1v) is 11.9. The average molecular weight is 469 g/mol. The van der Waals surface area contributed by atoms with Gasteiger partial charge in [-0.1, -0.05) is 35.9 Å². The molecule has 8 heteroatoms. The van der Waals surface area contributed by atoms with Crippen molar-refractivity contribution in [1.29, 1.82) is 0 Å². The summed E-state index contributed by atoms with van der Waals surface area (Å²) >= 11 is 0. The van der Waals surface area contributed by atoms with Crippen LogP contribution in [0, 0.1) is 6.92 Å². The zero-order valence-corrected chi connectivity index (χ0v) is 19.9. The minimum Gasteiger partial charge on any atom is -0.497 e. The predicted molar refractivity (Wildman–Crippen MR) is 128 cm³/mol. The molecule has 1 amide bonds. The number of nitrogens with zero attached hydrogens (tertiary/aromatic N) is 1. The molecule has 0 saturated carbocycles. The number of anilines is 1. The van der Waals surface area contributed by atoms with E-state index in [1.54, 1.807) is 43.5 Å². The van der Waals surface area contributed by atoms with Crippen LogP contribution in [0.5, 0.6) is 11.5 Å². The van der Waals surface area contributed by atoms with Gasteiger partial charge in [-0.05, 0) is 56.3 Å². The Kier molecular flexibility index (Phi) is 7.60. The van der Waals surface area contributed by atoms with Crippen molar-refractivity contribution in [3.05, 3.63) is 83.9 Å². The van der Waals surface area contributed by atoms with Crippen molar-refractivity contribution in [3.8, 4) is 11.5 Å². The van der Waals surface area contributed by atoms with Gasteiger partial charge in [-0.15, -0.1) is 0 Å². The van der Waals surface area contributed by atoms with Gasteiger partial charge in [0.1, 0.15) is 18.0 Å². The Labute approximate surface area is 195 Å². The highest BCUT2D eigenvalue weighted by Gasteiger charge is 2.28. The highest BCUT2D eigenvalue weighted by atomic mass is 32.2. The Morgan fingerprint density at radius 2 is 1.58 bits per heavy atom. The van der Waals surface area contributed by atoms with Gasteiger partial charge in [0.05, 0.1) is 30.8 Å². The number of carbonyl (C=O) groups excluding carboxylic acids is 1. The third-order valence-electron chi connectivity index (χ3n) is 5.24. The van der Waals surface area contributed by atoms with Crippen LogP contribution in [0.3, 0.4) is 0 Å². The maximum Gasteiger partial charge on any atom is 0.264 e. The van der Waals surface area contributed by atoms with Crippen LogP contribution in [0.4, 0.5) is 5.69 Å². The van der Waals surface area contributed by atoms with Crippen LogP contribution in [0.25, 0.3) is 0 Å². The Morgan fingerprint density at radius 3 is 2.18 bits per heavy atom. The lowest BCUT2D eigenvalue weighted by atomic mass is 10.1. The molecular weight excluding hydrogens is 440 g/mol. The van der Waals surface area contributed by atoms with E-state index >= 15 is 0 Å². The number of hydrogen-bond donors (Lipinski definition) is 1. The van der Waals surface area contributed by atoms with Crippen molar-refractivity contribution in [3.63, 3.8) is 0 Å². The number of carbonyl (C=O) groups is 1. The summed E-state index contributed by atoms with van der Waals surface area (Å²) < 4.78 is 38.6. The number of para-hydroxylation sites is 1. The van der Waals surface area contributed by atoms with Crippen molar-refractivity contribution < 1.29 is 22.7 Å². The first-order valence-electron chi connectivity index (χ1n) is 10.4. The van der Waals surface area contributed by atoms with Crippen LogP contribution in [0.2, 0.25) is 0 Å². The molecule has 0 aliphatic carbocycles. The van der Waals surface area contributed by atoms with Crippen LogP contribution in [0.1, 0.15) is 24.1 Å². The molecule has 1 N–H and O–H groups in total. The van der Waals surface area contributed by atoms with E-state index in [1.165, 1.54) is 19.2 Å². The zero-order chi connectivity index (χ0) is 24.0. The first kappa shape index (κ1) is 24.1. The van der Waals surface area contributed by atoms with Crippen LogP contribution in [-0.2, 0) is 14.8 Å². The molecule has 1 atom stereocenters. The van der Waals surface area contributed by atoms with E-state index in [2.05, 4.69) is 5.32 Å². The minimum absolute atomic E-state index is 0.106. The smallest absolute Gasteiger partial charge is 0.264 e. The third-order valence-corrected chi connectivity index (χ3v) is 7.03. The van der Waals surface area contributed by atoms with Gasteiger partial charge in [0, 0.05) is 5.56 Å². The number of ether oxygens (including phenoxy) is 2. The van der Waals surface area contributed by atoms with Gasteiger partial charge in [0.2, 0.25) is 5.91 Å². The molecule has 33 heavy (non-hydrogen) atoms. The maximum absolute atomic E-state index is 13.5. The largest absolute Gasteiger partial charge is 0.497 e. The summed E-state index contributed by atoms with van der Waals surface area (Å²) in [6.45, 7) is 3.31. The van der Waals surface area contributed by atoms with E-state index in [0.29, 0.717) is 17.2 Å². The van der Waals surface area contributed by atoms with E-state index in [1.807, 2.05) is 38.1 Å². The number of rotatable bonds is 9. The number of nitrogens with one attached hydrogen (secondary N) is 1. The van der Waals surface area contributed by atoms with E-state index in [0.717, 1.165) is 15.4 Å². The molecule has 3 rings (SSSR count). The molecule has 0 radical (unpaired) electrons. The molecule has 3 aromatic rings. The molecule has 0 unspecified atom stereocenters. The second-order valence-electron chi connectivity index (χ2n) is 7.55. The molecule has 0 aliphatic heterocycles. The Morgan fingerprint density at radius 1 is 0.939 bits per heavy atom. The second kappa shape index (κ2) is 10.4. The van der Waals surface area contributed by atoms with Gasteiger partial charge in [0.25, 0.3) is 10.0 Å². The molecule has 0 spiro atoms. The summed E-state index contributed by atoms with van der Waals surface area (Å²) in [5.74, 6) is 0.783. The van der Waals surface area contributed by atoms with E-state index in [4.69, 9.17) is 9.47 Å². The summed E-state index contributed by atoms with van der Waals surface area (Å²) in [5.41, 5.74) is 2.09. The van der Waals surface area contributed by atoms with E-state index in [-0.39, 0.29) is 17.5 Å². The van der Waals surface area contributed by atoms with Crippen LogP contribution in [0.15, 0.2) is 77.7 Å². The topological polar surface area (TPSA) is 84.9 Å². The fraction of sp³-hybridized carbons (Fsp3) is 0.240. The van der Waals surface area contributed by atoms with Crippen molar-refractivity contribution in [2.75, 3.05) is 25.1 Å². The summed E-state index contributed by atoms with van der Waals surface area (Å²) in [6, 6.07) is 20.0. The lowest BCUT2D eigenvalue weighted by molar-refractivity contribution is -0.120. The second-order valence-corrected chi connectivity index (χ2v) is 9.42. The third kappa shape index (κ3) is 5.64. The van der Waals surface area contributed by atoms with Crippen molar-refractivity contribution >= 4 is 21.6 Å². The lowest BCUT2D eigenvalue weighted by Crippen LogP contribution is -2.41. The summed E-state index contributed by atoms with van der Waals surface area (Å²) in [4.78, 5) is 13.1. The van der Waals surface area contributed by atoms with Crippen LogP contribution < -0.4 is 19.1 Å². The first-order chi connectivity index (χ1) is 15.8. The molecule has 0 saturated heterocycles. The quantitative estimate of drug-likeness (QED) is 0.511. The Balaban J connectivity index is 1.90. The van der Waals surface area contributed by atoms with Gasteiger partial charge in [-0.25, -0.2) is 8.42 Å². The molecule has 174 valence electrons. The van der Waals surface area contributed by atoms with E-state index in [9.17, 15) is 13.2 Å². The highest BCUT2D eigenvalue weighted by Crippen LogP contribution is 2.27. The van der Waals surface area contributed by atoms with Gasteiger partial charge < -0.3 is 14.8 Å². The monoisotopic (exact) mass is 468 g/mol. The van der Waals surface area contributed by atoms with Gasteiger partial charge >= 0.3 is 0 Å². The van der Waals surface area contributed by atoms with Crippen LogP contribution >= 0.6 is 0 Å². The number of hydrogen-bond acceptors (Lipinski definition) is 5. The minimum atomic E-state index is -3.99. The van der Waals surface area contributed by atoms with E-state index < -0.39 is 15.9 Å². The maximum atomic E-state index is 13.5. The molecule has 0 fully saturated rings. The zero-order valence-electron chi connectivity index (χ0n) is 19.1. The molecule has 7 nitrogen and oxygen atoms in total. The molecule has 0 aliphatic rings. The highest BCUT2D eigenvalue weighted by molar-refractivity contribution is 7.92. The predicted octanol–water partition coefficient (Wildman–Crippen LogP) is 4.08. The summed E-state index contributed by atoms with van der Waals surface area (Å²) in [7, 11) is -0.899. The fourth-order valence-electron chi connectivity index (χ4n) is 3.42. The number of amides is 1. The fourth-order valence-corrected chi connectivity index (χ4v) is 4.84. The lowest BCUT2D eigenvalue weighted by Gasteiger charge is -2.25. The summed E-state index contributed by atoms with van der Waals surface area (Å²) in [6.07, 6.45) is 0. The normalized spacial score (nSPS) is 12.0. The molecule has 3 aromatic carbocycles. The van der Waals surface area contributed by atoms with Crippen molar-refractivity contribution in [2.24, 2.45) is 0 Å². The molecule has 0 bridgehead atoms. The standard InChI is InChI=1S/C25H28N2O5S/c1-18-9-15-22(16-10-18)33(29,30)27(20-11-13-21(31-3)14-12-20)17-25(28)26-19(2)23-7-5-6-8-24(23)32-4/h5-16,19H,17H2,1-4H3,(H,26,28)/t19-/m1/s1. The Hall–Kier alpha value is -3.52. The van der Waals surface area contributed by atoms with Crippen LogP contribution in [-0.4, -0.2) is 35.1 Å².